The number of carbonyl (C=O) groups is 2. The second-order valence-electron chi connectivity index (χ2n) is 7.82. The first-order chi connectivity index (χ1) is 15.0. The highest BCUT2D eigenvalue weighted by molar-refractivity contribution is 5.75. The Morgan fingerprint density at radius 1 is 1.35 bits per heavy atom. The number of amides is 2. The summed E-state index contributed by atoms with van der Waals surface area (Å²) in [6.45, 7) is 5.15. The van der Waals surface area contributed by atoms with Crippen molar-refractivity contribution in [3.05, 3.63) is 36.1 Å². The summed E-state index contributed by atoms with van der Waals surface area (Å²) in [4.78, 5) is 25.2. The second-order valence-corrected chi connectivity index (χ2v) is 7.82. The summed E-state index contributed by atoms with van der Waals surface area (Å²) >= 11 is 0. The van der Waals surface area contributed by atoms with E-state index in [1.165, 1.54) is 19.3 Å². The molecule has 2 aromatic rings. The Bertz CT molecular complexity index is 865. The van der Waals surface area contributed by atoms with Crippen LogP contribution in [-0.4, -0.2) is 71.4 Å². The Morgan fingerprint density at radius 3 is 2.84 bits per heavy atom. The van der Waals surface area contributed by atoms with E-state index in [0.29, 0.717) is 24.4 Å². The highest BCUT2D eigenvalue weighted by Crippen LogP contribution is 2.25. The standard InChI is InChI=1S/C21H28N4O3.CH2O2/c1-15-6-3-4-9-25(15)17-13-24(14-17)21(26)22-12-19-11-20(23-28-19)16-7-5-8-18(10-16)27-2;2-1-3/h5,7-8,10-11,15,17H,3-4,6,9,12-14H2,1-2H3,(H,22,26);1H,(H,2,3). The molecule has 1 aromatic heterocycles. The predicted molar refractivity (Wildman–Crippen MR) is 115 cm³/mol. The summed E-state index contributed by atoms with van der Waals surface area (Å²) in [5, 5.41) is 13.9. The first-order valence-corrected chi connectivity index (χ1v) is 10.5. The van der Waals surface area contributed by atoms with Gasteiger partial charge in [-0.3, -0.25) is 9.69 Å². The third kappa shape index (κ3) is 5.75. The van der Waals surface area contributed by atoms with Crippen molar-refractivity contribution < 1.29 is 24.0 Å². The summed E-state index contributed by atoms with van der Waals surface area (Å²) in [5.41, 5.74) is 1.65. The molecule has 1 atom stereocenters. The fraction of sp³-hybridized carbons (Fsp3) is 0.500. The summed E-state index contributed by atoms with van der Waals surface area (Å²) in [5.74, 6) is 1.40. The van der Waals surface area contributed by atoms with Gasteiger partial charge in [0, 0.05) is 36.8 Å². The molecule has 4 rings (SSSR count). The van der Waals surface area contributed by atoms with Crippen LogP contribution in [0.2, 0.25) is 0 Å². The summed E-state index contributed by atoms with van der Waals surface area (Å²) in [6.07, 6.45) is 3.86. The number of aromatic nitrogens is 1. The number of carbonyl (C=O) groups excluding carboxylic acids is 1. The predicted octanol–water partition coefficient (Wildman–Crippen LogP) is 2.82. The fourth-order valence-electron chi connectivity index (χ4n) is 4.08. The molecule has 0 radical (unpaired) electrons. The number of rotatable bonds is 5. The number of methoxy groups -OCH3 is 1. The molecular formula is C22H30N4O5. The molecule has 1 unspecified atom stereocenters. The molecule has 2 fully saturated rings. The number of nitrogens with zero attached hydrogens (tertiary/aromatic N) is 3. The van der Waals surface area contributed by atoms with Crippen molar-refractivity contribution in [2.45, 2.75) is 44.8 Å². The number of carboxylic acid groups (broad SMARTS) is 1. The van der Waals surface area contributed by atoms with Crippen molar-refractivity contribution in [3.63, 3.8) is 0 Å². The van der Waals surface area contributed by atoms with Gasteiger partial charge in [-0.15, -0.1) is 0 Å². The van der Waals surface area contributed by atoms with Gasteiger partial charge < -0.3 is 24.6 Å². The minimum Gasteiger partial charge on any atom is -0.497 e. The summed E-state index contributed by atoms with van der Waals surface area (Å²) < 4.78 is 10.6. The number of benzene rings is 1. The molecule has 31 heavy (non-hydrogen) atoms. The van der Waals surface area contributed by atoms with E-state index in [1.807, 2.05) is 35.2 Å². The zero-order valence-corrected chi connectivity index (χ0v) is 18.0. The van der Waals surface area contributed by atoms with Crippen LogP contribution in [0.5, 0.6) is 5.75 Å². The molecule has 2 aliphatic heterocycles. The van der Waals surface area contributed by atoms with Crippen LogP contribution in [0, 0.1) is 0 Å². The van der Waals surface area contributed by atoms with Gasteiger partial charge in [-0.05, 0) is 38.4 Å². The van der Waals surface area contributed by atoms with Gasteiger partial charge >= 0.3 is 6.03 Å². The fourth-order valence-corrected chi connectivity index (χ4v) is 4.08. The average Bonchev–Trinajstić information content (AvgIpc) is 3.22. The van der Waals surface area contributed by atoms with Crippen molar-refractivity contribution in [3.8, 4) is 17.0 Å². The molecule has 0 bridgehead atoms. The molecule has 2 N–H and O–H groups in total. The molecule has 168 valence electrons. The van der Waals surface area contributed by atoms with Crippen LogP contribution in [0.15, 0.2) is 34.9 Å². The van der Waals surface area contributed by atoms with Crippen LogP contribution < -0.4 is 10.1 Å². The lowest BCUT2D eigenvalue weighted by Gasteiger charge is -2.49. The van der Waals surface area contributed by atoms with Gasteiger partial charge in [-0.25, -0.2) is 4.79 Å². The Labute approximate surface area is 181 Å². The van der Waals surface area contributed by atoms with Crippen molar-refractivity contribution in [1.29, 1.82) is 0 Å². The highest BCUT2D eigenvalue weighted by atomic mass is 16.5. The molecule has 9 heteroatoms. The number of hydrogen-bond donors (Lipinski definition) is 2. The van der Waals surface area contributed by atoms with E-state index in [2.05, 4.69) is 22.3 Å². The Balaban J connectivity index is 0.000000858. The molecule has 2 aliphatic rings. The summed E-state index contributed by atoms with van der Waals surface area (Å²) in [6, 6.07) is 10.6. The van der Waals surface area contributed by atoms with Gasteiger partial charge in [-0.1, -0.05) is 23.7 Å². The lowest BCUT2D eigenvalue weighted by molar-refractivity contribution is -0.122. The number of piperidine rings is 1. The van der Waals surface area contributed by atoms with Gasteiger partial charge in [0.05, 0.1) is 13.7 Å². The van der Waals surface area contributed by atoms with Gasteiger partial charge in [-0.2, -0.15) is 0 Å². The maximum atomic E-state index is 12.4. The first kappa shape index (κ1) is 22.6. The maximum Gasteiger partial charge on any atom is 0.317 e. The highest BCUT2D eigenvalue weighted by Gasteiger charge is 2.37. The largest absolute Gasteiger partial charge is 0.497 e. The zero-order chi connectivity index (χ0) is 22.2. The smallest absolute Gasteiger partial charge is 0.317 e. The number of likely N-dealkylation sites (tertiary alicyclic amines) is 2. The SMILES string of the molecule is COc1cccc(-c2cc(CNC(=O)N3CC(N4CCCCC4C)C3)on2)c1.O=CO. The monoisotopic (exact) mass is 430 g/mol. The lowest BCUT2D eigenvalue weighted by Crippen LogP contribution is -2.64. The topological polar surface area (TPSA) is 108 Å². The quantitative estimate of drug-likeness (QED) is 0.702. The van der Waals surface area contributed by atoms with Crippen molar-refractivity contribution in [1.82, 2.24) is 20.3 Å². The van der Waals surface area contributed by atoms with E-state index < -0.39 is 0 Å². The van der Waals surface area contributed by atoms with Gasteiger partial charge in [0.2, 0.25) is 0 Å². The molecule has 0 saturated carbocycles. The van der Waals surface area contributed by atoms with Crippen molar-refractivity contribution in [2.75, 3.05) is 26.7 Å². The Hall–Kier alpha value is -3.07. The van der Waals surface area contributed by atoms with Crippen LogP contribution in [0.1, 0.15) is 31.9 Å². The van der Waals surface area contributed by atoms with Crippen LogP contribution in [0.4, 0.5) is 4.79 Å². The molecule has 1 aromatic carbocycles. The van der Waals surface area contributed by atoms with E-state index in [-0.39, 0.29) is 12.5 Å². The van der Waals surface area contributed by atoms with E-state index in [4.69, 9.17) is 19.2 Å². The molecule has 3 heterocycles. The Morgan fingerprint density at radius 2 is 2.13 bits per heavy atom. The van der Waals surface area contributed by atoms with Crippen molar-refractivity contribution in [2.24, 2.45) is 0 Å². The number of hydrogen-bond acceptors (Lipinski definition) is 6. The molecule has 2 amide bonds. The number of ether oxygens (including phenoxy) is 1. The van der Waals surface area contributed by atoms with E-state index >= 15 is 0 Å². The normalized spacial score (nSPS) is 19.0. The average molecular weight is 431 g/mol. The van der Waals surface area contributed by atoms with Crippen molar-refractivity contribution >= 4 is 12.5 Å². The third-order valence-corrected chi connectivity index (χ3v) is 5.81. The van der Waals surface area contributed by atoms with Crippen LogP contribution in [-0.2, 0) is 11.3 Å². The molecular weight excluding hydrogens is 400 g/mol. The minimum absolute atomic E-state index is 0.0414. The number of nitrogens with one attached hydrogen (secondary N) is 1. The molecule has 9 nitrogen and oxygen atoms in total. The molecule has 0 spiro atoms. The second kappa shape index (κ2) is 10.8. The zero-order valence-electron chi connectivity index (χ0n) is 18.0. The van der Waals surface area contributed by atoms with Gasteiger partial charge in [0.15, 0.2) is 5.76 Å². The van der Waals surface area contributed by atoms with Gasteiger partial charge in [0.1, 0.15) is 11.4 Å². The van der Waals surface area contributed by atoms with Crippen LogP contribution >= 0.6 is 0 Å². The third-order valence-electron chi connectivity index (χ3n) is 5.81. The molecule has 2 saturated heterocycles. The summed E-state index contributed by atoms with van der Waals surface area (Å²) in [7, 11) is 1.63. The molecule has 0 aliphatic carbocycles. The van der Waals surface area contributed by atoms with Crippen LogP contribution in [0.25, 0.3) is 11.3 Å². The Kier molecular flexibility index (Phi) is 7.88. The van der Waals surface area contributed by atoms with E-state index in [0.717, 1.165) is 36.6 Å². The first-order valence-electron chi connectivity index (χ1n) is 10.5. The minimum atomic E-state index is -0.250. The lowest BCUT2D eigenvalue weighted by atomic mass is 9.98. The maximum absolute atomic E-state index is 12.4. The van der Waals surface area contributed by atoms with Crippen LogP contribution in [0.3, 0.4) is 0 Å². The number of urea groups is 1. The van der Waals surface area contributed by atoms with Gasteiger partial charge in [0.25, 0.3) is 6.47 Å². The van der Waals surface area contributed by atoms with E-state index in [1.54, 1.807) is 7.11 Å². The van der Waals surface area contributed by atoms with E-state index in [9.17, 15) is 4.79 Å².